The van der Waals surface area contributed by atoms with Crippen LogP contribution in [0.15, 0.2) is 57.5 Å². The number of aromatic nitrogens is 2. The lowest BCUT2D eigenvalue weighted by molar-refractivity contribution is 0.0961. The maximum Gasteiger partial charge on any atom is 0.257 e. The summed E-state index contributed by atoms with van der Waals surface area (Å²) in [5, 5.41) is 3.98. The molecular weight excluding hydrogens is 356 g/mol. The number of ketones is 1. The van der Waals surface area contributed by atoms with Gasteiger partial charge in [-0.15, -0.1) is 0 Å². The van der Waals surface area contributed by atoms with Crippen LogP contribution in [-0.4, -0.2) is 15.9 Å². The molecular formula is C18H15BrN2O2. The van der Waals surface area contributed by atoms with Crippen molar-refractivity contribution in [2.24, 2.45) is 0 Å². The first-order chi connectivity index (χ1) is 11.0. The summed E-state index contributed by atoms with van der Waals surface area (Å²) in [6.45, 7) is 3.78. The first-order valence-electron chi connectivity index (χ1n) is 7.25. The largest absolute Gasteiger partial charge is 0.334 e. The summed E-state index contributed by atoms with van der Waals surface area (Å²) < 4.78 is 6.28. The first-order valence-corrected chi connectivity index (χ1v) is 8.04. The fourth-order valence-electron chi connectivity index (χ4n) is 2.36. The number of hydrogen-bond acceptors (Lipinski definition) is 4. The van der Waals surface area contributed by atoms with Gasteiger partial charge in [0, 0.05) is 15.6 Å². The third-order valence-corrected chi connectivity index (χ3v) is 4.03. The fourth-order valence-corrected chi connectivity index (χ4v) is 2.97. The monoisotopic (exact) mass is 370 g/mol. The molecule has 0 aliphatic carbocycles. The van der Waals surface area contributed by atoms with Gasteiger partial charge in [0.1, 0.15) is 0 Å². The molecule has 0 fully saturated rings. The molecule has 1 unspecified atom stereocenters. The van der Waals surface area contributed by atoms with E-state index >= 15 is 0 Å². The molecule has 0 saturated carbocycles. The van der Waals surface area contributed by atoms with Crippen LogP contribution in [0.25, 0.3) is 11.5 Å². The maximum atomic E-state index is 12.5. The number of hydrogen-bond donors (Lipinski definition) is 0. The number of carbonyl (C=O) groups is 1. The van der Waals surface area contributed by atoms with Crippen LogP contribution in [0.1, 0.15) is 34.6 Å². The maximum absolute atomic E-state index is 12.5. The van der Waals surface area contributed by atoms with Gasteiger partial charge in [-0.1, -0.05) is 51.4 Å². The summed E-state index contributed by atoms with van der Waals surface area (Å²) >= 11 is 3.46. The minimum absolute atomic E-state index is 0.0247. The van der Waals surface area contributed by atoms with Gasteiger partial charge in [0.2, 0.25) is 0 Å². The molecule has 23 heavy (non-hydrogen) atoms. The van der Waals surface area contributed by atoms with E-state index in [0.29, 0.717) is 17.3 Å². The van der Waals surface area contributed by atoms with Crippen LogP contribution in [0.5, 0.6) is 0 Å². The van der Waals surface area contributed by atoms with Crippen LogP contribution < -0.4 is 0 Å². The molecule has 0 N–H and O–H groups in total. The zero-order chi connectivity index (χ0) is 16.4. The van der Waals surface area contributed by atoms with Crippen molar-refractivity contribution in [3.63, 3.8) is 0 Å². The summed E-state index contributed by atoms with van der Waals surface area (Å²) in [5.41, 5.74) is 2.56. The average Bonchev–Trinajstić information content (AvgIpc) is 3.03. The molecule has 0 aliphatic heterocycles. The Morgan fingerprint density at radius 3 is 2.61 bits per heavy atom. The third-order valence-electron chi connectivity index (χ3n) is 3.57. The van der Waals surface area contributed by atoms with Crippen molar-refractivity contribution < 1.29 is 9.32 Å². The minimum Gasteiger partial charge on any atom is -0.334 e. The van der Waals surface area contributed by atoms with Gasteiger partial charge in [-0.3, -0.25) is 4.79 Å². The number of benzene rings is 2. The van der Waals surface area contributed by atoms with E-state index in [1.54, 1.807) is 19.1 Å². The molecule has 2 aromatic carbocycles. The van der Waals surface area contributed by atoms with Crippen molar-refractivity contribution in [1.82, 2.24) is 10.1 Å². The second-order valence-electron chi connectivity index (χ2n) is 5.43. The topological polar surface area (TPSA) is 56.0 Å². The molecule has 0 amide bonds. The number of carbonyl (C=O) groups excluding carboxylic acids is 1. The number of halogens is 1. The first kappa shape index (κ1) is 15.6. The Balaban J connectivity index is 1.88. The lowest BCUT2D eigenvalue weighted by atomic mass is 9.99. The number of nitrogens with zero attached hydrogens (tertiary/aromatic N) is 2. The Labute approximate surface area is 142 Å². The molecule has 0 spiro atoms. The molecule has 0 radical (unpaired) electrons. The van der Waals surface area contributed by atoms with Gasteiger partial charge in [-0.05, 0) is 37.6 Å². The van der Waals surface area contributed by atoms with Crippen LogP contribution in [0.2, 0.25) is 0 Å². The van der Waals surface area contributed by atoms with E-state index in [1.165, 1.54) is 0 Å². The third kappa shape index (κ3) is 3.40. The average molecular weight is 371 g/mol. The van der Waals surface area contributed by atoms with E-state index in [2.05, 4.69) is 26.1 Å². The molecule has 1 atom stereocenters. The van der Waals surface area contributed by atoms with Crippen molar-refractivity contribution >= 4 is 21.7 Å². The van der Waals surface area contributed by atoms with Gasteiger partial charge >= 0.3 is 0 Å². The van der Waals surface area contributed by atoms with Crippen molar-refractivity contribution in [2.45, 2.75) is 19.8 Å². The van der Waals surface area contributed by atoms with E-state index in [-0.39, 0.29) is 5.78 Å². The second-order valence-corrected chi connectivity index (χ2v) is 6.34. The van der Waals surface area contributed by atoms with Crippen LogP contribution in [0.4, 0.5) is 0 Å². The van der Waals surface area contributed by atoms with Gasteiger partial charge in [-0.25, -0.2) is 0 Å². The highest BCUT2D eigenvalue weighted by Crippen LogP contribution is 2.26. The molecule has 3 rings (SSSR count). The molecule has 116 valence electrons. The van der Waals surface area contributed by atoms with Gasteiger partial charge in [0.05, 0.1) is 5.92 Å². The van der Waals surface area contributed by atoms with Crippen molar-refractivity contribution in [2.75, 3.05) is 0 Å². The Morgan fingerprint density at radius 1 is 1.17 bits per heavy atom. The number of aryl methyl sites for hydroxylation is 1. The highest BCUT2D eigenvalue weighted by atomic mass is 79.9. The molecule has 5 heteroatoms. The van der Waals surface area contributed by atoms with E-state index in [0.717, 1.165) is 15.6 Å². The standard InChI is InChI=1S/C18H15BrN2O2/c1-11-8-14(10-15(19)9-11)18-20-17(21-23-18)12(2)16(22)13-6-4-3-5-7-13/h3-10,12H,1-2H3. The van der Waals surface area contributed by atoms with Gasteiger partial charge in [0.25, 0.3) is 5.89 Å². The highest BCUT2D eigenvalue weighted by Gasteiger charge is 2.22. The summed E-state index contributed by atoms with van der Waals surface area (Å²) in [7, 11) is 0. The van der Waals surface area contributed by atoms with Gasteiger partial charge < -0.3 is 4.52 Å². The molecule has 3 aromatic rings. The Bertz CT molecular complexity index is 823. The Hall–Kier alpha value is -2.27. The van der Waals surface area contributed by atoms with Crippen LogP contribution in [-0.2, 0) is 0 Å². The van der Waals surface area contributed by atoms with Crippen LogP contribution >= 0.6 is 15.9 Å². The van der Waals surface area contributed by atoms with Crippen LogP contribution in [0.3, 0.4) is 0 Å². The SMILES string of the molecule is Cc1cc(Br)cc(-c2nc(C(C)C(=O)c3ccccc3)no2)c1. The number of rotatable bonds is 4. The summed E-state index contributed by atoms with van der Waals surface area (Å²) in [5.74, 6) is 0.329. The van der Waals surface area contributed by atoms with Crippen molar-refractivity contribution in [3.8, 4) is 11.5 Å². The Morgan fingerprint density at radius 2 is 1.91 bits per heavy atom. The van der Waals surface area contributed by atoms with E-state index < -0.39 is 5.92 Å². The molecule has 0 aliphatic rings. The molecule has 1 aromatic heterocycles. The van der Waals surface area contributed by atoms with Gasteiger partial charge in [0.15, 0.2) is 11.6 Å². The zero-order valence-electron chi connectivity index (χ0n) is 12.8. The molecule has 1 heterocycles. The molecule has 0 saturated heterocycles. The fraction of sp³-hybridized carbons (Fsp3) is 0.167. The predicted octanol–water partition coefficient (Wildman–Crippen LogP) is 4.79. The lowest BCUT2D eigenvalue weighted by Gasteiger charge is -2.05. The van der Waals surface area contributed by atoms with E-state index in [9.17, 15) is 4.79 Å². The van der Waals surface area contributed by atoms with Crippen LogP contribution in [0, 0.1) is 6.92 Å². The van der Waals surface area contributed by atoms with Crippen molar-refractivity contribution in [3.05, 3.63) is 70.0 Å². The predicted molar refractivity (Wildman–Crippen MR) is 91.4 cm³/mol. The zero-order valence-corrected chi connectivity index (χ0v) is 14.4. The normalized spacial score (nSPS) is 12.1. The van der Waals surface area contributed by atoms with Gasteiger partial charge in [-0.2, -0.15) is 4.98 Å². The molecule has 4 nitrogen and oxygen atoms in total. The second kappa shape index (κ2) is 6.46. The summed E-state index contributed by atoms with van der Waals surface area (Å²) in [6, 6.07) is 15.0. The number of Topliss-reactive ketones (excluding diaryl/α,β-unsaturated/α-hetero) is 1. The lowest BCUT2D eigenvalue weighted by Crippen LogP contribution is -2.11. The smallest absolute Gasteiger partial charge is 0.257 e. The summed E-state index contributed by atoms with van der Waals surface area (Å²) in [4.78, 5) is 16.9. The van der Waals surface area contributed by atoms with Crippen molar-refractivity contribution in [1.29, 1.82) is 0 Å². The van der Waals surface area contributed by atoms with E-state index in [4.69, 9.17) is 4.52 Å². The minimum atomic E-state index is -0.455. The molecule has 0 bridgehead atoms. The van der Waals surface area contributed by atoms with E-state index in [1.807, 2.05) is 43.3 Å². The quantitative estimate of drug-likeness (QED) is 0.619. The summed E-state index contributed by atoms with van der Waals surface area (Å²) in [6.07, 6.45) is 0. The highest BCUT2D eigenvalue weighted by molar-refractivity contribution is 9.10. The Kier molecular flexibility index (Phi) is 4.39.